The number of H-pyrrole nitrogens is 1. The number of carbonyl (C=O) groups excluding carboxylic acids is 1. The molecule has 1 rings (SSSR count). The van der Waals surface area contributed by atoms with Crippen molar-refractivity contribution in [3.05, 3.63) is 23.5 Å². The molecule has 0 spiro atoms. The Labute approximate surface area is 84.5 Å². The third-order valence-electron chi connectivity index (χ3n) is 2.15. The van der Waals surface area contributed by atoms with E-state index >= 15 is 0 Å². The van der Waals surface area contributed by atoms with Crippen molar-refractivity contribution in [3.8, 4) is 0 Å². The Kier molecular flexibility index (Phi) is 4.23. The Bertz CT molecular complexity index is 291. The number of carbonyl (C=O) groups is 1. The van der Waals surface area contributed by atoms with Crippen molar-refractivity contribution in [1.29, 1.82) is 0 Å². The van der Waals surface area contributed by atoms with Crippen LogP contribution in [-0.4, -0.2) is 17.6 Å². The van der Waals surface area contributed by atoms with Crippen LogP contribution < -0.4 is 0 Å². The first-order valence-corrected chi connectivity index (χ1v) is 5.02. The van der Waals surface area contributed by atoms with E-state index < -0.39 is 0 Å². The van der Waals surface area contributed by atoms with Crippen molar-refractivity contribution in [1.82, 2.24) is 4.98 Å². The van der Waals surface area contributed by atoms with Crippen LogP contribution in [0.4, 0.5) is 0 Å². The zero-order valence-corrected chi connectivity index (χ0v) is 8.80. The maximum absolute atomic E-state index is 11.3. The summed E-state index contributed by atoms with van der Waals surface area (Å²) in [5, 5.41) is 0. The molecule has 0 amide bonds. The molecule has 1 N–H and O–H groups in total. The minimum Gasteiger partial charge on any atom is -0.465 e. The topological polar surface area (TPSA) is 42.1 Å². The second-order valence-corrected chi connectivity index (χ2v) is 3.39. The van der Waals surface area contributed by atoms with Gasteiger partial charge in [0.05, 0.1) is 13.0 Å². The van der Waals surface area contributed by atoms with Crippen molar-refractivity contribution in [2.75, 3.05) is 6.61 Å². The van der Waals surface area contributed by atoms with E-state index in [2.05, 4.69) is 11.9 Å². The van der Waals surface area contributed by atoms with E-state index in [4.69, 9.17) is 4.74 Å². The number of nitrogens with one attached hydrogen (secondary N) is 1. The van der Waals surface area contributed by atoms with Gasteiger partial charge in [-0.15, -0.1) is 0 Å². The summed E-state index contributed by atoms with van der Waals surface area (Å²) in [4.78, 5) is 14.3. The van der Waals surface area contributed by atoms with E-state index in [9.17, 15) is 4.79 Å². The number of hydrogen-bond acceptors (Lipinski definition) is 2. The molecule has 0 aromatic carbocycles. The Balaban J connectivity index is 2.31. The molecule has 14 heavy (non-hydrogen) atoms. The van der Waals surface area contributed by atoms with Crippen LogP contribution in [0.15, 0.2) is 12.3 Å². The highest BCUT2D eigenvalue weighted by Gasteiger charge is 2.07. The Morgan fingerprint density at radius 1 is 1.57 bits per heavy atom. The third kappa shape index (κ3) is 3.24. The van der Waals surface area contributed by atoms with Gasteiger partial charge in [0, 0.05) is 11.9 Å². The molecule has 0 aliphatic rings. The summed E-state index contributed by atoms with van der Waals surface area (Å²) in [5.41, 5.74) is 2.06. The molecule has 1 aromatic rings. The van der Waals surface area contributed by atoms with Crippen molar-refractivity contribution in [2.24, 2.45) is 0 Å². The fraction of sp³-hybridized carbons (Fsp3) is 0.545. The van der Waals surface area contributed by atoms with Gasteiger partial charge in [0.25, 0.3) is 0 Å². The van der Waals surface area contributed by atoms with Crippen LogP contribution in [-0.2, 0) is 16.0 Å². The van der Waals surface area contributed by atoms with Gasteiger partial charge < -0.3 is 9.72 Å². The zero-order chi connectivity index (χ0) is 10.4. The van der Waals surface area contributed by atoms with Crippen LogP contribution in [0.3, 0.4) is 0 Å². The fourth-order valence-corrected chi connectivity index (χ4v) is 1.20. The number of aromatic nitrogens is 1. The van der Waals surface area contributed by atoms with Crippen LogP contribution in [0.5, 0.6) is 0 Å². The molecule has 78 valence electrons. The summed E-state index contributed by atoms with van der Waals surface area (Å²) in [6, 6.07) is 1.95. The van der Waals surface area contributed by atoms with E-state index in [1.807, 2.05) is 19.2 Å². The minimum absolute atomic E-state index is 0.149. The lowest BCUT2D eigenvalue weighted by molar-refractivity contribution is -0.143. The monoisotopic (exact) mass is 195 g/mol. The van der Waals surface area contributed by atoms with Crippen molar-refractivity contribution in [3.63, 3.8) is 0 Å². The summed E-state index contributed by atoms with van der Waals surface area (Å²) < 4.78 is 5.05. The molecular weight excluding hydrogens is 178 g/mol. The largest absolute Gasteiger partial charge is 0.465 e. The van der Waals surface area contributed by atoms with Crippen molar-refractivity contribution >= 4 is 5.97 Å². The maximum atomic E-state index is 11.3. The highest BCUT2D eigenvalue weighted by molar-refractivity contribution is 5.72. The molecule has 0 saturated carbocycles. The van der Waals surface area contributed by atoms with Crippen molar-refractivity contribution in [2.45, 2.75) is 33.1 Å². The molecule has 0 aliphatic heterocycles. The van der Waals surface area contributed by atoms with Gasteiger partial charge in [0.1, 0.15) is 0 Å². The van der Waals surface area contributed by atoms with Crippen LogP contribution >= 0.6 is 0 Å². The first-order valence-electron chi connectivity index (χ1n) is 5.02. The van der Waals surface area contributed by atoms with Gasteiger partial charge in [-0.1, -0.05) is 13.3 Å². The maximum Gasteiger partial charge on any atom is 0.311 e. The SMILES string of the molecule is CCCCOC(=O)Cc1[nH]ccc1C. The molecule has 1 heterocycles. The van der Waals surface area contributed by atoms with Crippen LogP contribution in [0.25, 0.3) is 0 Å². The molecule has 0 aliphatic carbocycles. The molecule has 0 fully saturated rings. The number of esters is 1. The molecular formula is C11H17NO2. The van der Waals surface area contributed by atoms with E-state index in [1.165, 1.54) is 0 Å². The van der Waals surface area contributed by atoms with Gasteiger partial charge >= 0.3 is 5.97 Å². The van der Waals surface area contributed by atoms with Gasteiger partial charge in [-0.3, -0.25) is 4.79 Å². The van der Waals surface area contributed by atoms with Gasteiger partial charge in [0.15, 0.2) is 0 Å². The van der Waals surface area contributed by atoms with E-state index in [0.717, 1.165) is 24.1 Å². The third-order valence-corrected chi connectivity index (χ3v) is 2.15. The molecule has 1 aromatic heterocycles. The first-order chi connectivity index (χ1) is 6.74. The molecule has 0 radical (unpaired) electrons. The van der Waals surface area contributed by atoms with Crippen LogP contribution in [0.1, 0.15) is 31.0 Å². The van der Waals surface area contributed by atoms with Crippen LogP contribution in [0.2, 0.25) is 0 Å². The average molecular weight is 195 g/mol. The average Bonchev–Trinajstić information content (AvgIpc) is 2.52. The number of aryl methyl sites for hydroxylation is 1. The second-order valence-electron chi connectivity index (χ2n) is 3.39. The van der Waals surface area contributed by atoms with E-state index in [1.54, 1.807) is 0 Å². The normalized spacial score (nSPS) is 10.1. The highest BCUT2D eigenvalue weighted by atomic mass is 16.5. The number of hydrogen-bond donors (Lipinski definition) is 1. The highest BCUT2D eigenvalue weighted by Crippen LogP contribution is 2.06. The molecule has 0 unspecified atom stereocenters. The molecule has 0 bridgehead atoms. The van der Waals surface area contributed by atoms with Gasteiger partial charge in [-0.05, 0) is 25.0 Å². The fourth-order valence-electron chi connectivity index (χ4n) is 1.20. The lowest BCUT2D eigenvalue weighted by Crippen LogP contribution is -2.09. The number of aromatic amines is 1. The van der Waals surface area contributed by atoms with E-state index in [0.29, 0.717) is 13.0 Å². The predicted molar refractivity (Wildman–Crippen MR) is 55.1 cm³/mol. The lowest BCUT2D eigenvalue weighted by Gasteiger charge is -2.03. The second kappa shape index (κ2) is 5.47. The summed E-state index contributed by atoms with van der Waals surface area (Å²) in [6.45, 7) is 4.59. The summed E-state index contributed by atoms with van der Waals surface area (Å²) >= 11 is 0. The molecule has 3 nitrogen and oxygen atoms in total. The minimum atomic E-state index is -0.149. The summed E-state index contributed by atoms with van der Waals surface area (Å²) in [5.74, 6) is -0.149. The molecule has 0 atom stereocenters. The number of rotatable bonds is 5. The van der Waals surface area contributed by atoms with Crippen LogP contribution in [0, 0.1) is 6.92 Å². The quantitative estimate of drug-likeness (QED) is 0.578. The number of unbranched alkanes of at least 4 members (excludes halogenated alkanes) is 1. The Morgan fingerprint density at radius 2 is 2.36 bits per heavy atom. The van der Waals surface area contributed by atoms with Gasteiger partial charge in [-0.25, -0.2) is 0 Å². The Hall–Kier alpha value is -1.25. The predicted octanol–water partition coefficient (Wildman–Crippen LogP) is 2.21. The van der Waals surface area contributed by atoms with Crippen molar-refractivity contribution < 1.29 is 9.53 Å². The lowest BCUT2D eigenvalue weighted by atomic mass is 10.2. The first kappa shape index (κ1) is 10.8. The van der Waals surface area contributed by atoms with Gasteiger partial charge in [-0.2, -0.15) is 0 Å². The molecule has 3 heteroatoms. The number of ether oxygens (including phenoxy) is 1. The van der Waals surface area contributed by atoms with Gasteiger partial charge in [0.2, 0.25) is 0 Å². The zero-order valence-electron chi connectivity index (χ0n) is 8.80. The summed E-state index contributed by atoms with van der Waals surface area (Å²) in [7, 11) is 0. The smallest absolute Gasteiger partial charge is 0.311 e. The molecule has 0 saturated heterocycles. The summed E-state index contributed by atoms with van der Waals surface area (Å²) in [6.07, 6.45) is 4.18. The van der Waals surface area contributed by atoms with E-state index in [-0.39, 0.29) is 5.97 Å². The Morgan fingerprint density at radius 3 is 2.93 bits per heavy atom. The standard InChI is InChI=1S/C11H17NO2/c1-3-4-7-14-11(13)8-10-9(2)5-6-12-10/h5-6,12H,3-4,7-8H2,1-2H3.